The van der Waals surface area contributed by atoms with E-state index < -0.39 is 22.5 Å². The molecule has 0 bridgehead atoms. The summed E-state index contributed by atoms with van der Waals surface area (Å²) in [6.07, 6.45) is 1.51. The van der Waals surface area contributed by atoms with E-state index in [9.17, 15) is 13.2 Å². The standard InChI is InChI=1S/C28H25Cl3N4O3S/c1-18-11-22(29)9-10-27(18)34(39(37,38)26-7-5-4-6-8-26)17-28(36)33-32-16-21-12-19(2)35(20(21)3)25-14-23(30)13-24(31)15-25/h4-16H,17H2,1-3H3,(H,33,36)/b32-16+. The van der Waals surface area contributed by atoms with Crippen molar-refractivity contribution in [3.05, 3.63) is 110 Å². The number of halogens is 3. The van der Waals surface area contributed by atoms with Gasteiger partial charge < -0.3 is 4.57 Å². The molecule has 0 radical (unpaired) electrons. The average molecular weight is 604 g/mol. The first-order chi connectivity index (χ1) is 18.5. The lowest BCUT2D eigenvalue weighted by Crippen LogP contribution is -2.40. The smallest absolute Gasteiger partial charge is 0.264 e. The Bertz CT molecular complexity index is 1650. The Kier molecular flexibility index (Phi) is 8.71. The third-order valence-electron chi connectivity index (χ3n) is 6.01. The minimum absolute atomic E-state index is 0.0595. The first-order valence-corrected chi connectivity index (χ1v) is 14.4. The monoisotopic (exact) mass is 602 g/mol. The maximum Gasteiger partial charge on any atom is 0.264 e. The van der Waals surface area contributed by atoms with Crippen LogP contribution in [0.1, 0.15) is 22.5 Å². The minimum atomic E-state index is -4.06. The van der Waals surface area contributed by atoms with Crippen LogP contribution in [0.2, 0.25) is 15.1 Å². The third kappa shape index (κ3) is 6.47. The van der Waals surface area contributed by atoms with E-state index in [1.807, 2.05) is 24.5 Å². The number of rotatable bonds is 8. The van der Waals surface area contributed by atoms with E-state index in [-0.39, 0.29) is 4.90 Å². The highest BCUT2D eigenvalue weighted by molar-refractivity contribution is 7.92. The number of anilines is 1. The van der Waals surface area contributed by atoms with Gasteiger partial charge in [-0.05, 0) is 80.9 Å². The van der Waals surface area contributed by atoms with Gasteiger partial charge >= 0.3 is 0 Å². The number of hydrogen-bond acceptors (Lipinski definition) is 4. The van der Waals surface area contributed by atoms with Crippen LogP contribution < -0.4 is 9.73 Å². The number of hydrazone groups is 1. The summed E-state index contributed by atoms with van der Waals surface area (Å²) in [5.41, 5.74) is 6.71. The summed E-state index contributed by atoms with van der Waals surface area (Å²) in [6.45, 7) is 5.08. The van der Waals surface area contributed by atoms with Crippen molar-refractivity contribution in [3.8, 4) is 5.69 Å². The fourth-order valence-electron chi connectivity index (χ4n) is 4.24. The van der Waals surface area contributed by atoms with Crippen molar-refractivity contribution >= 4 is 62.6 Å². The van der Waals surface area contributed by atoms with Crippen molar-refractivity contribution in [1.29, 1.82) is 0 Å². The Morgan fingerprint density at radius 1 is 0.923 bits per heavy atom. The molecule has 0 saturated carbocycles. The quantitative estimate of drug-likeness (QED) is 0.180. The first-order valence-electron chi connectivity index (χ1n) is 11.8. The number of nitrogens with zero attached hydrogens (tertiary/aromatic N) is 3. The summed E-state index contributed by atoms with van der Waals surface area (Å²) in [5.74, 6) is -0.615. The molecule has 0 saturated heterocycles. The van der Waals surface area contributed by atoms with Crippen LogP contribution >= 0.6 is 34.8 Å². The van der Waals surface area contributed by atoms with Crippen LogP contribution in [0.15, 0.2) is 82.8 Å². The van der Waals surface area contributed by atoms with Gasteiger partial charge in [0.15, 0.2) is 0 Å². The molecule has 202 valence electrons. The first kappa shape index (κ1) is 28.7. The molecule has 1 N–H and O–H groups in total. The summed E-state index contributed by atoms with van der Waals surface area (Å²) in [7, 11) is -4.06. The summed E-state index contributed by atoms with van der Waals surface area (Å²) >= 11 is 18.4. The molecule has 4 aromatic rings. The Hall–Kier alpha value is -3.30. The zero-order valence-corrected chi connectivity index (χ0v) is 24.4. The fourth-order valence-corrected chi connectivity index (χ4v) is 6.49. The molecule has 0 atom stereocenters. The lowest BCUT2D eigenvalue weighted by atomic mass is 10.2. The molecule has 0 fully saturated rings. The maximum absolute atomic E-state index is 13.5. The van der Waals surface area contributed by atoms with Crippen LogP contribution in [0.5, 0.6) is 0 Å². The molecule has 11 heteroatoms. The van der Waals surface area contributed by atoms with Crippen molar-refractivity contribution in [2.75, 3.05) is 10.8 Å². The molecule has 0 aliphatic carbocycles. The largest absolute Gasteiger partial charge is 0.318 e. The normalized spacial score (nSPS) is 11.6. The lowest BCUT2D eigenvalue weighted by Gasteiger charge is -2.25. The molecule has 7 nitrogen and oxygen atoms in total. The second-order valence-electron chi connectivity index (χ2n) is 8.84. The molecule has 1 aromatic heterocycles. The molecular formula is C28H25Cl3N4O3S. The number of nitrogens with one attached hydrogen (secondary N) is 1. The van der Waals surface area contributed by atoms with Crippen molar-refractivity contribution < 1.29 is 13.2 Å². The van der Waals surface area contributed by atoms with Gasteiger partial charge in [-0.1, -0.05) is 53.0 Å². The molecule has 0 aliphatic rings. The summed E-state index contributed by atoms with van der Waals surface area (Å²) < 4.78 is 30.1. The zero-order chi connectivity index (χ0) is 28.3. The lowest BCUT2D eigenvalue weighted by molar-refractivity contribution is -0.119. The van der Waals surface area contributed by atoms with Gasteiger partial charge in [-0.15, -0.1) is 0 Å². The number of aromatic nitrogens is 1. The molecule has 0 aliphatic heterocycles. The summed E-state index contributed by atoms with van der Waals surface area (Å²) in [4.78, 5) is 13.0. The summed E-state index contributed by atoms with van der Waals surface area (Å²) in [5, 5.41) is 5.57. The van der Waals surface area contributed by atoms with Crippen LogP contribution in [0.25, 0.3) is 5.69 Å². The van der Waals surface area contributed by atoms with Gasteiger partial charge in [0.05, 0.1) is 16.8 Å². The van der Waals surface area contributed by atoms with Crippen LogP contribution in [-0.2, 0) is 14.8 Å². The second kappa shape index (κ2) is 11.8. The van der Waals surface area contributed by atoms with Gasteiger partial charge in [-0.2, -0.15) is 5.10 Å². The van der Waals surface area contributed by atoms with E-state index >= 15 is 0 Å². The van der Waals surface area contributed by atoms with Crippen molar-refractivity contribution in [1.82, 2.24) is 9.99 Å². The predicted molar refractivity (Wildman–Crippen MR) is 158 cm³/mol. The number of carbonyl (C=O) groups is 1. The molecule has 0 unspecified atom stereocenters. The number of benzene rings is 3. The molecule has 0 spiro atoms. The number of sulfonamides is 1. The van der Waals surface area contributed by atoms with Gasteiger partial charge in [-0.25, -0.2) is 13.8 Å². The van der Waals surface area contributed by atoms with Gasteiger partial charge in [0.1, 0.15) is 6.54 Å². The van der Waals surface area contributed by atoms with Crippen molar-refractivity contribution in [3.63, 3.8) is 0 Å². The van der Waals surface area contributed by atoms with Crippen LogP contribution in [0, 0.1) is 20.8 Å². The van der Waals surface area contributed by atoms with Crippen LogP contribution in [0.4, 0.5) is 5.69 Å². The molecule has 1 amide bonds. The number of aryl methyl sites for hydroxylation is 2. The third-order valence-corrected chi connectivity index (χ3v) is 8.46. The van der Waals surface area contributed by atoms with Gasteiger partial charge in [-0.3, -0.25) is 9.10 Å². The van der Waals surface area contributed by atoms with Gasteiger partial charge in [0, 0.05) is 37.7 Å². The number of carbonyl (C=O) groups excluding carboxylic acids is 1. The number of hydrogen-bond donors (Lipinski definition) is 1. The Balaban J connectivity index is 1.58. The Labute approximate surface area is 242 Å². The molecular weight excluding hydrogens is 579 g/mol. The van der Waals surface area contributed by atoms with Gasteiger partial charge in [0.25, 0.3) is 15.9 Å². The van der Waals surface area contributed by atoms with Crippen LogP contribution in [-0.4, -0.2) is 31.7 Å². The zero-order valence-electron chi connectivity index (χ0n) is 21.3. The van der Waals surface area contributed by atoms with E-state index in [0.717, 1.165) is 26.9 Å². The summed E-state index contributed by atoms with van der Waals surface area (Å²) in [6, 6.07) is 19.9. The van der Waals surface area contributed by atoms with E-state index in [2.05, 4.69) is 10.5 Å². The predicted octanol–water partition coefficient (Wildman–Crippen LogP) is 6.71. The average Bonchev–Trinajstić information content (AvgIpc) is 3.15. The van der Waals surface area contributed by atoms with Crippen LogP contribution in [0.3, 0.4) is 0 Å². The second-order valence-corrected chi connectivity index (χ2v) is 12.0. The Morgan fingerprint density at radius 2 is 1.59 bits per heavy atom. The highest BCUT2D eigenvalue weighted by Crippen LogP contribution is 2.29. The van der Waals surface area contributed by atoms with Crippen molar-refractivity contribution in [2.24, 2.45) is 5.10 Å². The highest BCUT2D eigenvalue weighted by atomic mass is 35.5. The minimum Gasteiger partial charge on any atom is -0.318 e. The van der Waals surface area contributed by atoms with Gasteiger partial charge in [0.2, 0.25) is 0 Å². The number of amides is 1. The topological polar surface area (TPSA) is 83.8 Å². The SMILES string of the molecule is Cc1cc(Cl)ccc1N(CC(=O)N/N=C/c1cc(C)n(-c2cc(Cl)cc(Cl)c2)c1C)S(=O)(=O)c1ccccc1. The van der Waals surface area contributed by atoms with E-state index in [4.69, 9.17) is 34.8 Å². The van der Waals surface area contributed by atoms with E-state index in [1.54, 1.807) is 61.5 Å². The maximum atomic E-state index is 13.5. The molecule has 1 heterocycles. The highest BCUT2D eigenvalue weighted by Gasteiger charge is 2.28. The van der Waals surface area contributed by atoms with Crippen molar-refractivity contribution in [2.45, 2.75) is 25.7 Å². The van der Waals surface area contributed by atoms with E-state index in [1.165, 1.54) is 18.3 Å². The molecule has 3 aromatic carbocycles. The molecule has 39 heavy (non-hydrogen) atoms. The Morgan fingerprint density at radius 3 is 2.23 bits per heavy atom. The van der Waals surface area contributed by atoms with E-state index in [0.29, 0.717) is 26.3 Å². The fraction of sp³-hybridized carbons (Fsp3) is 0.143. The molecule has 4 rings (SSSR count).